The van der Waals surface area contributed by atoms with Gasteiger partial charge in [-0.2, -0.15) is 5.26 Å². The number of carbonyl (C=O) groups is 1. The SMILES string of the molecule is Cc1[nH]c2ccccc2c1C(=O)/C(C#N)=C\c1ccccc1. The molecule has 0 unspecified atom stereocenters. The molecule has 1 aromatic heterocycles. The highest BCUT2D eigenvalue weighted by Gasteiger charge is 2.19. The molecule has 0 fully saturated rings. The van der Waals surface area contributed by atoms with Gasteiger partial charge in [-0.05, 0) is 24.6 Å². The summed E-state index contributed by atoms with van der Waals surface area (Å²) in [5.74, 6) is -0.249. The molecule has 1 N–H and O–H groups in total. The van der Waals surface area contributed by atoms with Gasteiger partial charge in [-0.3, -0.25) is 4.79 Å². The third-order valence-corrected chi connectivity index (χ3v) is 3.60. The Kier molecular flexibility index (Phi) is 3.59. The van der Waals surface area contributed by atoms with E-state index >= 15 is 0 Å². The lowest BCUT2D eigenvalue weighted by atomic mass is 9.99. The molecule has 22 heavy (non-hydrogen) atoms. The number of hydrogen-bond acceptors (Lipinski definition) is 2. The Morgan fingerprint density at radius 2 is 1.77 bits per heavy atom. The first-order chi connectivity index (χ1) is 10.7. The van der Waals surface area contributed by atoms with E-state index in [1.54, 1.807) is 6.08 Å². The summed E-state index contributed by atoms with van der Waals surface area (Å²) >= 11 is 0. The molecule has 0 atom stereocenters. The first-order valence-corrected chi connectivity index (χ1v) is 6.99. The van der Waals surface area contributed by atoms with E-state index in [0.29, 0.717) is 5.56 Å². The zero-order chi connectivity index (χ0) is 15.5. The maximum absolute atomic E-state index is 12.8. The molecule has 0 radical (unpaired) electrons. The maximum atomic E-state index is 12.8. The molecular weight excluding hydrogens is 272 g/mol. The molecule has 106 valence electrons. The Bertz CT molecular complexity index is 912. The highest BCUT2D eigenvalue weighted by molar-refractivity contribution is 6.20. The number of H-pyrrole nitrogens is 1. The highest BCUT2D eigenvalue weighted by atomic mass is 16.1. The third-order valence-electron chi connectivity index (χ3n) is 3.60. The summed E-state index contributed by atoms with van der Waals surface area (Å²) in [6.07, 6.45) is 1.63. The van der Waals surface area contributed by atoms with Gasteiger partial charge in [0.25, 0.3) is 0 Å². The van der Waals surface area contributed by atoms with E-state index in [2.05, 4.69) is 4.98 Å². The number of Topliss-reactive ketones (excluding diaryl/α,β-unsaturated/α-hetero) is 1. The fraction of sp³-hybridized carbons (Fsp3) is 0.0526. The van der Waals surface area contributed by atoms with E-state index in [0.717, 1.165) is 22.2 Å². The second-order valence-corrected chi connectivity index (χ2v) is 5.08. The second-order valence-electron chi connectivity index (χ2n) is 5.08. The van der Waals surface area contributed by atoms with Gasteiger partial charge in [0, 0.05) is 16.6 Å². The van der Waals surface area contributed by atoms with Crippen molar-refractivity contribution in [2.24, 2.45) is 0 Å². The molecule has 0 saturated carbocycles. The number of para-hydroxylation sites is 1. The third kappa shape index (κ3) is 2.43. The van der Waals surface area contributed by atoms with Crippen LogP contribution in [0.15, 0.2) is 60.2 Å². The fourth-order valence-corrected chi connectivity index (χ4v) is 2.57. The number of nitrogens with zero attached hydrogens (tertiary/aromatic N) is 1. The van der Waals surface area contributed by atoms with Crippen LogP contribution >= 0.6 is 0 Å². The molecule has 0 aliphatic carbocycles. The van der Waals surface area contributed by atoms with E-state index < -0.39 is 0 Å². The van der Waals surface area contributed by atoms with Crippen LogP contribution in [0, 0.1) is 18.3 Å². The van der Waals surface area contributed by atoms with Crippen molar-refractivity contribution in [2.75, 3.05) is 0 Å². The number of allylic oxidation sites excluding steroid dienone is 1. The minimum atomic E-state index is -0.249. The van der Waals surface area contributed by atoms with Crippen molar-refractivity contribution in [3.63, 3.8) is 0 Å². The molecule has 0 saturated heterocycles. The minimum absolute atomic E-state index is 0.138. The normalized spacial score (nSPS) is 11.4. The summed E-state index contributed by atoms with van der Waals surface area (Å²) in [4.78, 5) is 16.0. The molecule has 0 aliphatic rings. The number of benzene rings is 2. The van der Waals surface area contributed by atoms with Gasteiger partial charge in [-0.1, -0.05) is 48.5 Å². The van der Waals surface area contributed by atoms with Crippen LogP contribution in [0.1, 0.15) is 21.6 Å². The van der Waals surface area contributed by atoms with Crippen LogP contribution in [-0.4, -0.2) is 10.8 Å². The van der Waals surface area contributed by atoms with Crippen molar-refractivity contribution in [2.45, 2.75) is 6.92 Å². The zero-order valence-electron chi connectivity index (χ0n) is 12.1. The minimum Gasteiger partial charge on any atom is -0.358 e. The average Bonchev–Trinajstić information content (AvgIpc) is 2.88. The van der Waals surface area contributed by atoms with Gasteiger partial charge < -0.3 is 4.98 Å². The smallest absolute Gasteiger partial charge is 0.205 e. The van der Waals surface area contributed by atoms with Crippen molar-refractivity contribution < 1.29 is 4.79 Å². The molecule has 0 aliphatic heterocycles. The fourth-order valence-electron chi connectivity index (χ4n) is 2.57. The number of nitrogens with one attached hydrogen (secondary N) is 1. The largest absolute Gasteiger partial charge is 0.358 e. The number of hydrogen-bond donors (Lipinski definition) is 1. The zero-order valence-corrected chi connectivity index (χ0v) is 12.1. The van der Waals surface area contributed by atoms with Crippen molar-refractivity contribution in [3.8, 4) is 6.07 Å². The van der Waals surface area contributed by atoms with E-state index in [9.17, 15) is 10.1 Å². The van der Waals surface area contributed by atoms with Gasteiger partial charge >= 0.3 is 0 Å². The van der Waals surface area contributed by atoms with Crippen molar-refractivity contribution in [3.05, 3.63) is 77.0 Å². The summed E-state index contributed by atoms with van der Waals surface area (Å²) in [6.45, 7) is 1.85. The van der Waals surface area contributed by atoms with Crippen LogP contribution in [0.25, 0.3) is 17.0 Å². The molecule has 3 heteroatoms. The summed E-state index contributed by atoms with van der Waals surface area (Å²) in [7, 11) is 0. The molecule has 3 aromatic rings. The van der Waals surface area contributed by atoms with Crippen LogP contribution in [0.2, 0.25) is 0 Å². The molecule has 0 spiro atoms. The predicted molar refractivity (Wildman–Crippen MR) is 87.4 cm³/mol. The Balaban J connectivity index is 2.10. The van der Waals surface area contributed by atoms with Crippen LogP contribution in [0.5, 0.6) is 0 Å². The number of fused-ring (bicyclic) bond motifs is 1. The van der Waals surface area contributed by atoms with Gasteiger partial charge in [0.15, 0.2) is 0 Å². The average molecular weight is 286 g/mol. The molecular formula is C19H14N2O. The Labute approximate surface area is 128 Å². The number of ketones is 1. The summed E-state index contributed by atoms with van der Waals surface area (Å²) < 4.78 is 0. The van der Waals surface area contributed by atoms with Crippen LogP contribution < -0.4 is 0 Å². The van der Waals surface area contributed by atoms with Crippen molar-refractivity contribution in [1.82, 2.24) is 4.98 Å². The first-order valence-electron chi connectivity index (χ1n) is 6.99. The van der Waals surface area contributed by atoms with Gasteiger partial charge in [-0.15, -0.1) is 0 Å². The second kappa shape index (κ2) is 5.71. The Hall–Kier alpha value is -3.12. The van der Waals surface area contributed by atoms with Gasteiger partial charge in [0.05, 0.1) is 5.56 Å². The number of carbonyl (C=O) groups excluding carboxylic acids is 1. The van der Waals surface area contributed by atoms with E-state index in [1.165, 1.54) is 0 Å². The quantitative estimate of drug-likeness (QED) is 0.444. The lowest BCUT2D eigenvalue weighted by Gasteiger charge is -2.00. The van der Waals surface area contributed by atoms with E-state index in [1.807, 2.05) is 67.6 Å². The topological polar surface area (TPSA) is 56.6 Å². The Morgan fingerprint density at radius 1 is 1.09 bits per heavy atom. The molecule has 1 heterocycles. The first kappa shape index (κ1) is 13.8. The Morgan fingerprint density at radius 3 is 2.50 bits per heavy atom. The number of nitriles is 1. The monoisotopic (exact) mass is 286 g/mol. The van der Waals surface area contributed by atoms with Gasteiger partial charge in [-0.25, -0.2) is 0 Å². The van der Waals surface area contributed by atoms with Crippen molar-refractivity contribution in [1.29, 1.82) is 5.26 Å². The lowest BCUT2D eigenvalue weighted by Crippen LogP contribution is -2.03. The van der Waals surface area contributed by atoms with Crippen molar-refractivity contribution >= 4 is 22.8 Å². The number of rotatable bonds is 3. The summed E-state index contributed by atoms with van der Waals surface area (Å²) in [5, 5.41) is 10.2. The molecule has 2 aromatic carbocycles. The predicted octanol–water partition coefficient (Wildman–Crippen LogP) is 4.27. The van der Waals surface area contributed by atoms with E-state index in [4.69, 9.17) is 0 Å². The van der Waals surface area contributed by atoms with E-state index in [-0.39, 0.29) is 11.4 Å². The van der Waals surface area contributed by atoms with Crippen LogP contribution in [0.4, 0.5) is 0 Å². The van der Waals surface area contributed by atoms with Gasteiger partial charge in [0.2, 0.25) is 5.78 Å². The molecule has 0 bridgehead atoms. The summed E-state index contributed by atoms with van der Waals surface area (Å²) in [5.41, 5.74) is 3.23. The maximum Gasteiger partial charge on any atom is 0.205 e. The van der Waals surface area contributed by atoms with Crippen LogP contribution in [-0.2, 0) is 0 Å². The number of aromatic nitrogens is 1. The van der Waals surface area contributed by atoms with Gasteiger partial charge in [0.1, 0.15) is 11.6 Å². The molecule has 0 amide bonds. The highest BCUT2D eigenvalue weighted by Crippen LogP contribution is 2.25. The standard InChI is InChI=1S/C19H14N2O/c1-13-18(16-9-5-6-10-17(16)21-13)19(22)15(12-20)11-14-7-3-2-4-8-14/h2-11,21H,1H3/b15-11-. The lowest BCUT2D eigenvalue weighted by molar-refractivity contribution is 0.104. The number of aryl methyl sites for hydroxylation is 1. The number of aromatic amines is 1. The van der Waals surface area contributed by atoms with Crippen LogP contribution in [0.3, 0.4) is 0 Å². The molecule has 3 rings (SSSR count). The molecule has 3 nitrogen and oxygen atoms in total. The summed E-state index contributed by atoms with van der Waals surface area (Å²) in [6, 6.07) is 19.0.